The molecule has 1 aromatic carbocycles. The van der Waals surface area contributed by atoms with Gasteiger partial charge < -0.3 is 9.64 Å². The van der Waals surface area contributed by atoms with Crippen LogP contribution in [-0.4, -0.2) is 52.3 Å². The van der Waals surface area contributed by atoms with E-state index < -0.39 is 0 Å². The van der Waals surface area contributed by atoms with Crippen molar-refractivity contribution in [1.82, 2.24) is 14.5 Å². The van der Waals surface area contributed by atoms with E-state index in [1.165, 1.54) is 30.0 Å². The zero-order chi connectivity index (χ0) is 19.4. The van der Waals surface area contributed by atoms with Gasteiger partial charge in [-0.15, -0.1) is 0 Å². The van der Waals surface area contributed by atoms with Crippen LogP contribution in [0.3, 0.4) is 0 Å². The molecular formula is C20H25N3O3S. The molecule has 0 N–H and O–H groups in total. The van der Waals surface area contributed by atoms with E-state index in [-0.39, 0.29) is 17.8 Å². The number of methoxy groups -OCH3 is 1. The molecule has 1 saturated heterocycles. The number of aromatic nitrogens is 2. The molecule has 0 spiro atoms. The number of piperidine rings is 1. The molecule has 2 heterocycles. The molecule has 1 aromatic heterocycles. The van der Waals surface area contributed by atoms with E-state index in [1.54, 1.807) is 6.20 Å². The number of thioether (sulfide) groups is 1. The third-order valence-electron chi connectivity index (χ3n) is 4.80. The number of ether oxygens (including phenoxy) is 1. The maximum atomic E-state index is 12.5. The summed E-state index contributed by atoms with van der Waals surface area (Å²) in [4.78, 5) is 30.4. The minimum Gasteiger partial charge on any atom is -0.469 e. The standard InChI is InChI=1S/C20H25N3O3S/c1-14-10-15(2)12-17(11-14)23-9-6-21-20(23)27-13-18(24)22-7-4-16(5-8-22)19(25)26-3/h6,9-12,16H,4-5,7-8,13H2,1-3H3. The number of benzene rings is 1. The Morgan fingerprint density at radius 1 is 1.19 bits per heavy atom. The van der Waals surface area contributed by atoms with Gasteiger partial charge in [-0.3, -0.25) is 14.2 Å². The van der Waals surface area contributed by atoms with Crippen LogP contribution in [0, 0.1) is 19.8 Å². The average molecular weight is 388 g/mol. The van der Waals surface area contributed by atoms with Gasteiger partial charge in [-0.05, 0) is 49.9 Å². The third kappa shape index (κ3) is 4.71. The predicted molar refractivity (Wildman–Crippen MR) is 105 cm³/mol. The quantitative estimate of drug-likeness (QED) is 0.583. The van der Waals surface area contributed by atoms with Crippen molar-refractivity contribution >= 4 is 23.6 Å². The second-order valence-corrected chi connectivity index (χ2v) is 7.84. The molecule has 1 aliphatic heterocycles. The summed E-state index contributed by atoms with van der Waals surface area (Å²) in [5.74, 6) is 0.158. The normalized spacial score (nSPS) is 15.0. The zero-order valence-corrected chi connectivity index (χ0v) is 16.8. The lowest BCUT2D eigenvalue weighted by molar-refractivity contribution is -0.148. The molecule has 6 nitrogen and oxygen atoms in total. The van der Waals surface area contributed by atoms with Gasteiger partial charge in [0, 0.05) is 31.2 Å². The van der Waals surface area contributed by atoms with Crippen LogP contribution in [-0.2, 0) is 14.3 Å². The Morgan fingerprint density at radius 2 is 1.85 bits per heavy atom. The summed E-state index contributed by atoms with van der Waals surface area (Å²) < 4.78 is 6.81. The van der Waals surface area contributed by atoms with Crippen molar-refractivity contribution in [3.05, 3.63) is 41.7 Å². The van der Waals surface area contributed by atoms with Gasteiger partial charge in [-0.2, -0.15) is 0 Å². The molecule has 1 aliphatic rings. The summed E-state index contributed by atoms with van der Waals surface area (Å²) in [5.41, 5.74) is 3.44. The van der Waals surface area contributed by atoms with Gasteiger partial charge >= 0.3 is 5.97 Å². The summed E-state index contributed by atoms with van der Waals surface area (Å²) in [6.07, 6.45) is 5.01. The van der Waals surface area contributed by atoms with Crippen molar-refractivity contribution in [2.24, 2.45) is 5.92 Å². The van der Waals surface area contributed by atoms with E-state index in [1.807, 2.05) is 15.7 Å². The minimum atomic E-state index is -0.174. The second-order valence-electron chi connectivity index (χ2n) is 6.89. The van der Waals surface area contributed by atoms with Crippen LogP contribution in [0.2, 0.25) is 0 Å². The average Bonchev–Trinajstić information content (AvgIpc) is 3.13. The third-order valence-corrected chi connectivity index (χ3v) is 5.75. The number of amides is 1. The topological polar surface area (TPSA) is 64.4 Å². The smallest absolute Gasteiger partial charge is 0.308 e. The summed E-state index contributed by atoms with van der Waals surface area (Å²) in [7, 11) is 1.41. The largest absolute Gasteiger partial charge is 0.469 e. The number of imidazole rings is 1. The molecule has 0 saturated carbocycles. The van der Waals surface area contributed by atoms with Gasteiger partial charge in [0.25, 0.3) is 0 Å². The Bertz CT molecular complexity index is 805. The molecule has 1 amide bonds. The van der Waals surface area contributed by atoms with Crippen LogP contribution in [0.4, 0.5) is 0 Å². The van der Waals surface area contributed by atoms with Crippen LogP contribution in [0.15, 0.2) is 35.7 Å². The highest BCUT2D eigenvalue weighted by Gasteiger charge is 2.27. The molecule has 0 atom stereocenters. The highest BCUT2D eigenvalue weighted by molar-refractivity contribution is 7.99. The van der Waals surface area contributed by atoms with E-state index >= 15 is 0 Å². The molecule has 0 radical (unpaired) electrons. The van der Waals surface area contributed by atoms with Crippen LogP contribution >= 0.6 is 11.8 Å². The van der Waals surface area contributed by atoms with Gasteiger partial charge in [0.15, 0.2) is 5.16 Å². The van der Waals surface area contributed by atoms with Crippen molar-refractivity contribution < 1.29 is 14.3 Å². The highest BCUT2D eigenvalue weighted by atomic mass is 32.2. The van der Waals surface area contributed by atoms with Gasteiger partial charge in [0.2, 0.25) is 5.91 Å². The monoisotopic (exact) mass is 387 g/mol. The molecule has 0 aliphatic carbocycles. The van der Waals surface area contributed by atoms with Gasteiger partial charge in [-0.1, -0.05) is 17.8 Å². The molecule has 0 bridgehead atoms. The minimum absolute atomic E-state index is 0.0817. The number of aryl methyl sites for hydroxylation is 2. The fourth-order valence-electron chi connectivity index (χ4n) is 3.43. The molecule has 2 aromatic rings. The SMILES string of the molecule is COC(=O)C1CCN(C(=O)CSc2nccn2-c2cc(C)cc(C)c2)CC1. The van der Waals surface area contributed by atoms with E-state index in [9.17, 15) is 9.59 Å². The van der Waals surface area contributed by atoms with Crippen molar-refractivity contribution in [1.29, 1.82) is 0 Å². The Labute approximate surface area is 163 Å². The van der Waals surface area contributed by atoms with Crippen LogP contribution < -0.4 is 0 Å². The Hall–Kier alpha value is -2.28. The van der Waals surface area contributed by atoms with Gasteiger partial charge in [0.1, 0.15) is 0 Å². The van der Waals surface area contributed by atoms with Crippen molar-refractivity contribution in [3.8, 4) is 5.69 Å². The van der Waals surface area contributed by atoms with Crippen molar-refractivity contribution in [2.45, 2.75) is 31.8 Å². The number of carbonyl (C=O) groups is 2. The Kier molecular flexibility index (Phi) is 6.21. The van der Waals surface area contributed by atoms with E-state index in [0.29, 0.717) is 31.7 Å². The first kappa shape index (κ1) is 19.5. The molecule has 144 valence electrons. The molecule has 0 unspecified atom stereocenters. The Morgan fingerprint density at radius 3 is 2.48 bits per heavy atom. The Balaban J connectivity index is 1.59. The summed E-state index contributed by atoms with van der Waals surface area (Å²) in [5, 5.41) is 0.804. The van der Waals surface area contributed by atoms with E-state index in [0.717, 1.165) is 10.8 Å². The van der Waals surface area contributed by atoms with Crippen molar-refractivity contribution in [3.63, 3.8) is 0 Å². The first-order valence-electron chi connectivity index (χ1n) is 9.08. The maximum absolute atomic E-state index is 12.5. The number of hydrogen-bond acceptors (Lipinski definition) is 5. The van der Waals surface area contributed by atoms with Crippen LogP contribution in [0.5, 0.6) is 0 Å². The summed E-state index contributed by atoms with van der Waals surface area (Å²) in [6, 6.07) is 6.35. The fraction of sp³-hybridized carbons (Fsp3) is 0.450. The first-order valence-corrected chi connectivity index (χ1v) is 10.1. The number of rotatable bonds is 5. The lowest BCUT2D eigenvalue weighted by atomic mass is 9.97. The molecular weight excluding hydrogens is 362 g/mol. The van der Waals surface area contributed by atoms with E-state index in [4.69, 9.17) is 4.74 Å². The molecule has 7 heteroatoms. The maximum Gasteiger partial charge on any atom is 0.308 e. The number of nitrogens with zero attached hydrogens (tertiary/aromatic N) is 3. The first-order chi connectivity index (χ1) is 13.0. The van der Waals surface area contributed by atoms with Crippen LogP contribution in [0.1, 0.15) is 24.0 Å². The highest BCUT2D eigenvalue weighted by Crippen LogP contribution is 2.24. The molecule has 27 heavy (non-hydrogen) atoms. The molecule has 1 fully saturated rings. The lowest BCUT2D eigenvalue weighted by Gasteiger charge is -2.30. The number of esters is 1. The number of carbonyl (C=O) groups excluding carboxylic acids is 2. The number of likely N-dealkylation sites (tertiary alicyclic amines) is 1. The van der Waals surface area contributed by atoms with Gasteiger partial charge in [0.05, 0.1) is 18.8 Å². The van der Waals surface area contributed by atoms with Gasteiger partial charge in [-0.25, -0.2) is 4.98 Å². The van der Waals surface area contributed by atoms with Crippen molar-refractivity contribution in [2.75, 3.05) is 26.0 Å². The molecule has 3 rings (SSSR count). The second kappa shape index (κ2) is 8.61. The summed E-state index contributed by atoms with van der Waals surface area (Å²) in [6.45, 7) is 5.35. The van der Waals surface area contributed by atoms with Crippen LogP contribution in [0.25, 0.3) is 5.69 Å². The fourth-order valence-corrected chi connectivity index (χ4v) is 4.31. The zero-order valence-electron chi connectivity index (χ0n) is 16.0. The van der Waals surface area contributed by atoms with E-state index in [2.05, 4.69) is 37.0 Å². The lowest BCUT2D eigenvalue weighted by Crippen LogP contribution is -2.41. The summed E-state index contributed by atoms with van der Waals surface area (Å²) >= 11 is 1.44. The predicted octanol–water partition coefficient (Wildman–Crippen LogP) is 2.99. The number of hydrogen-bond donors (Lipinski definition) is 0.